The highest BCUT2D eigenvalue weighted by atomic mass is 35.5. The lowest BCUT2D eigenvalue weighted by Gasteiger charge is -2.18. The van der Waals surface area contributed by atoms with Crippen LogP contribution in [0.15, 0.2) is 16.8 Å². The highest BCUT2D eigenvalue weighted by molar-refractivity contribution is 7.91. The minimum atomic E-state index is -1.31. The van der Waals surface area contributed by atoms with E-state index >= 15 is 0 Å². The van der Waals surface area contributed by atoms with Gasteiger partial charge in [-0.1, -0.05) is 16.0 Å². The predicted molar refractivity (Wildman–Crippen MR) is 67.1 cm³/mol. The van der Waals surface area contributed by atoms with Gasteiger partial charge in [-0.3, -0.25) is 0 Å². The topological polar surface area (TPSA) is 61.2 Å². The Labute approximate surface area is 103 Å². The summed E-state index contributed by atoms with van der Waals surface area (Å²) in [7, 11) is 0. The summed E-state index contributed by atoms with van der Waals surface area (Å²) < 4.78 is 15.5. The molecule has 0 aliphatic heterocycles. The molecule has 1 aromatic heterocycles. The van der Waals surface area contributed by atoms with Crippen LogP contribution < -0.4 is 0 Å². The molecule has 16 heavy (non-hydrogen) atoms. The average molecular weight is 260 g/mol. The molecule has 4 nitrogen and oxygen atoms in total. The zero-order chi connectivity index (χ0) is 12.3. The van der Waals surface area contributed by atoms with Crippen LogP contribution in [-0.4, -0.2) is 25.0 Å². The summed E-state index contributed by atoms with van der Waals surface area (Å²) in [6.07, 6.45) is 3.03. The Morgan fingerprint density at radius 3 is 2.44 bits per heavy atom. The van der Waals surface area contributed by atoms with Crippen LogP contribution in [0.3, 0.4) is 0 Å². The van der Waals surface area contributed by atoms with E-state index in [-0.39, 0.29) is 5.15 Å². The fourth-order valence-corrected chi connectivity index (χ4v) is 1.72. The zero-order valence-corrected chi connectivity index (χ0v) is 11.3. The maximum absolute atomic E-state index is 11.8. The highest BCUT2D eigenvalue weighted by Gasteiger charge is 2.27. The van der Waals surface area contributed by atoms with E-state index < -0.39 is 16.1 Å². The maximum atomic E-state index is 11.8. The molecule has 0 amide bonds. The Kier molecular flexibility index (Phi) is 4.29. The SMILES string of the molecule is CC(=N[S+]([O-])C(C)(C)C)c1nccnc1Cl. The summed E-state index contributed by atoms with van der Waals surface area (Å²) in [6, 6.07) is 0. The molecule has 0 aromatic carbocycles. The lowest BCUT2D eigenvalue weighted by atomic mass is 10.3. The maximum Gasteiger partial charge on any atom is 0.156 e. The van der Waals surface area contributed by atoms with E-state index in [2.05, 4.69) is 14.4 Å². The van der Waals surface area contributed by atoms with Gasteiger partial charge in [-0.25, -0.2) is 9.97 Å². The molecule has 88 valence electrons. The standard InChI is InChI=1S/C10H14ClN3OS/c1-7(14-16(15)10(2,3)4)8-9(11)13-6-5-12-8/h5-6H,1-4H3. The largest absolute Gasteiger partial charge is 0.591 e. The third-order valence-corrected chi connectivity index (χ3v) is 3.50. The Balaban J connectivity index is 2.99. The predicted octanol–water partition coefficient (Wildman–Crippen LogP) is 2.40. The molecule has 1 rings (SSSR count). The summed E-state index contributed by atoms with van der Waals surface area (Å²) in [6.45, 7) is 7.30. The van der Waals surface area contributed by atoms with Crippen LogP contribution in [-0.2, 0) is 11.4 Å². The van der Waals surface area contributed by atoms with Gasteiger partial charge >= 0.3 is 0 Å². The molecule has 0 saturated heterocycles. The van der Waals surface area contributed by atoms with E-state index in [0.29, 0.717) is 11.4 Å². The summed E-state index contributed by atoms with van der Waals surface area (Å²) in [5.41, 5.74) is 1.01. The number of hydrogen-bond donors (Lipinski definition) is 0. The molecule has 6 heteroatoms. The van der Waals surface area contributed by atoms with Crippen molar-refractivity contribution in [1.82, 2.24) is 9.97 Å². The van der Waals surface area contributed by atoms with Gasteiger partial charge in [0.15, 0.2) is 5.15 Å². The first-order valence-corrected chi connectivity index (χ1v) is 6.25. The van der Waals surface area contributed by atoms with Gasteiger partial charge < -0.3 is 4.55 Å². The van der Waals surface area contributed by atoms with E-state index in [1.165, 1.54) is 12.4 Å². The van der Waals surface area contributed by atoms with E-state index in [4.69, 9.17) is 11.6 Å². The van der Waals surface area contributed by atoms with Gasteiger partial charge in [0, 0.05) is 12.4 Å². The molecule has 0 bridgehead atoms. The van der Waals surface area contributed by atoms with Gasteiger partial charge in [-0.15, -0.1) is 0 Å². The third kappa shape index (κ3) is 3.43. The molecule has 0 radical (unpaired) electrons. The number of rotatable bonds is 2. The van der Waals surface area contributed by atoms with Crippen LogP contribution in [0, 0.1) is 0 Å². The Hall–Kier alpha value is -0.650. The molecule has 0 N–H and O–H groups in total. The Morgan fingerprint density at radius 2 is 1.94 bits per heavy atom. The van der Waals surface area contributed by atoms with Crippen molar-refractivity contribution >= 4 is 28.7 Å². The van der Waals surface area contributed by atoms with Crippen LogP contribution in [0.1, 0.15) is 33.4 Å². The van der Waals surface area contributed by atoms with Crippen molar-refractivity contribution in [2.75, 3.05) is 0 Å². The van der Waals surface area contributed by atoms with Crippen LogP contribution in [0.4, 0.5) is 0 Å². The average Bonchev–Trinajstić information content (AvgIpc) is 2.16. The van der Waals surface area contributed by atoms with Crippen LogP contribution >= 0.6 is 11.6 Å². The lowest BCUT2D eigenvalue weighted by molar-refractivity contribution is 0.561. The van der Waals surface area contributed by atoms with E-state index in [0.717, 1.165) is 0 Å². The monoisotopic (exact) mass is 259 g/mol. The molecule has 0 fully saturated rings. The summed E-state index contributed by atoms with van der Waals surface area (Å²) in [5.74, 6) is 0. The zero-order valence-electron chi connectivity index (χ0n) is 9.69. The van der Waals surface area contributed by atoms with Gasteiger partial charge in [-0.05, 0) is 27.7 Å². The van der Waals surface area contributed by atoms with Crippen molar-refractivity contribution < 1.29 is 4.55 Å². The van der Waals surface area contributed by atoms with Crippen molar-refractivity contribution in [3.05, 3.63) is 23.2 Å². The third-order valence-electron chi connectivity index (χ3n) is 1.74. The van der Waals surface area contributed by atoms with Gasteiger partial charge in [0.1, 0.15) is 27.5 Å². The number of hydrogen-bond acceptors (Lipinski definition) is 4. The molecule has 1 atom stereocenters. The number of aromatic nitrogens is 2. The molecule has 0 spiro atoms. The molecule has 1 aromatic rings. The molecular formula is C10H14ClN3OS. The summed E-state index contributed by atoms with van der Waals surface area (Å²) in [4.78, 5) is 7.95. The molecule has 0 aliphatic rings. The minimum absolute atomic E-state index is 0.273. The van der Waals surface area contributed by atoms with E-state index in [9.17, 15) is 4.55 Å². The molecular weight excluding hydrogens is 246 g/mol. The lowest BCUT2D eigenvalue weighted by Crippen LogP contribution is -2.26. The summed E-state index contributed by atoms with van der Waals surface area (Å²) >= 11 is 4.55. The van der Waals surface area contributed by atoms with Crippen molar-refractivity contribution in [3.63, 3.8) is 0 Å². The van der Waals surface area contributed by atoms with Crippen LogP contribution in [0.2, 0.25) is 5.15 Å². The van der Waals surface area contributed by atoms with Crippen molar-refractivity contribution in [2.24, 2.45) is 4.40 Å². The minimum Gasteiger partial charge on any atom is -0.591 e. The van der Waals surface area contributed by atoms with E-state index in [1.54, 1.807) is 6.92 Å². The van der Waals surface area contributed by atoms with Gasteiger partial charge in [0.25, 0.3) is 0 Å². The molecule has 0 saturated carbocycles. The smallest absolute Gasteiger partial charge is 0.156 e. The van der Waals surface area contributed by atoms with Crippen molar-refractivity contribution in [3.8, 4) is 0 Å². The fraction of sp³-hybridized carbons (Fsp3) is 0.500. The molecule has 1 unspecified atom stereocenters. The van der Waals surface area contributed by atoms with Crippen molar-refractivity contribution in [2.45, 2.75) is 32.4 Å². The quantitative estimate of drug-likeness (QED) is 0.605. The van der Waals surface area contributed by atoms with Crippen LogP contribution in [0.25, 0.3) is 0 Å². The first-order chi connectivity index (χ1) is 7.32. The molecule has 0 aliphatic carbocycles. The second kappa shape index (κ2) is 5.12. The normalized spacial score (nSPS) is 15.0. The first-order valence-electron chi connectivity index (χ1n) is 4.76. The van der Waals surface area contributed by atoms with Crippen LogP contribution in [0.5, 0.6) is 0 Å². The van der Waals surface area contributed by atoms with Gasteiger partial charge in [0.05, 0.1) is 0 Å². The fourth-order valence-electron chi connectivity index (χ4n) is 0.868. The number of nitrogens with zero attached hydrogens (tertiary/aromatic N) is 3. The number of halogens is 1. The Bertz CT molecular complexity index is 403. The first kappa shape index (κ1) is 13.4. The Morgan fingerprint density at radius 1 is 1.38 bits per heavy atom. The summed E-state index contributed by atoms with van der Waals surface area (Å²) in [5, 5.41) is 0.273. The highest BCUT2D eigenvalue weighted by Crippen LogP contribution is 2.19. The van der Waals surface area contributed by atoms with Crippen molar-refractivity contribution in [1.29, 1.82) is 0 Å². The second-order valence-corrected chi connectivity index (χ2v) is 6.50. The van der Waals surface area contributed by atoms with Gasteiger partial charge in [0.2, 0.25) is 0 Å². The van der Waals surface area contributed by atoms with Gasteiger partial charge in [-0.2, -0.15) is 0 Å². The molecule has 1 heterocycles. The second-order valence-electron chi connectivity index (χ2n) is 4.23. The van der Waals surface area contributed by atoms with E-state index in [1.807, 2.05) is 20.8 Å².